The van der Waals surface area contributed by atoms with Crippen LogP contribution in [0.3, 0.4) is 0 Å². The molecule has 0 aliphatic carbocycles. The second-order valence-electron chi connectivity index (χ2n) is 9.26. The molecule has 2 aliphatic rings. The number of rotatable bonds is 3. The molecule has 6 heterocycles. The number of likely N-dealkylation sites (tertiary alicyclic amines) is 1. The Kier molecular flexibility index (Phi) is 4.10. The lowest BCUT2D eigenvalue weighted by Crippen LogP contribution is -2.55. The van der Waals surface area contributed by atoms with Crippen LogP contribution in [0, 0.1) is 16.7 Å². The smallest absolute Gasteiger partial charge is 0.128 e. The van der Waals surface area contributed by atoms with Crippen molar-refractivity contribution in [3.8, 4) is 28.3 Å². The zero-order valence-electron chi connectivity index (χ0n) is 18.2. The Bertz CT molecular complexity index is 1350. The van der Waals surface area contributed by atoms with E-state index in [1.807, 2.05) is 31.8 Å². The Morgan fingerprint density at radius 1 is 0.969 bits per heavy atom. The number of aromatic nitrogens is 5. The highest BCUT2D eigenvalue weighted by molar-refractivity contribution is 5.87. The number of hydrogen-bond acceptors (Lipinski definition) is 6. The number of pyridine rings is 2. The molecule has 0 aromatic carbocycles. The summed E-state index contributed by atoms with van der Waals surface area (Å²) in [5, 5.41) is 18.3. The Hall–Kier alpha value is -3.70. The molecule has 0 saturated carbocycles. The number of fused-ring (bicyclic) bond motifs is 1. The van der Waals surface area contributed by atoms with Gasteiger partial charge in [0, 0.05) is 79.5 Å². The van der Waals surface area contributed by atoms with Gasteiger partial charge in [0.2, 0.25) is 0 Å². The van der Waals surface area contributed by atoms with Crippen molar-refractivity contribution in [2.24, 2.45) is 12.5 Å². The topological polar surface area (TPSA) is 78.3 Å². The molecule has 2 saturated heterocycles. The van der Waals surface area contributed by atoms with Crippen LogP contribution < -0.4 is 4.90 Å². The third-order valence-electron chi connectivity index (χ3n) is 6.80. The third-order valence-corrected chi connectivity index (χ3v) is 6.80. The zero-order valence-corrected chi connectivity index (χ0v) is 18.2. The molecule has 0 unspecified atom stereocenters. The fourth-order valence-corrected chi connectivity index (χ4v) is 5.37. The minimum absolute atomic E-state index is 0.443. The van der Waals surface area contributed by atoms with Crippen molar-refractivity contribution >= 4 is 11.3 Å². The summed E-state index contributed by atoms with van der Waals surface area (Å²) in [6.45, 7) is 4.49. The molecule has 2 fully saturated rings. The van der Waals surface area contributed by atoms with E-state index < -0.39 is 0 Å². The molecule has 0 bridgehead atoms. The van der Waals surface area contributed by atoms with Crippen LogP contribution in [-0.2, 0) is 7.05 Å². The minimum Gasteiger partial charge on any atom is -0.356 e. The van der Waals surface area contributed by atoms with Gasteiger partial charge in [-0.2, -0.15) is 15.5 Å². The lowest BCUT2D eigenvalue weighted by molar-refractivity contribution is 0.0424. The monoisotopic (exact) mass is 424 g/mol. The van der Waals surface area contributed by atoms with E-state index in [1.165, 1.54) is 19.5 Å². The Morgan fingerprint density at radius 3 is 2.53 bits per heavy atom. The first-order valence-electron chi connectivity index (χ1n) is 10.8. The Labute approximate surface area is 186 Å². The maximum atomic E-state index is 9.63. The van der Waals surface area contributed by atoms with Crippen molar-refractivity contribution in [3.05, 3.63) is 54.7 Å². The maximum Gasteiger partial charge on any atom is 0.128 e. The first-order chi connectivity index (χ1) is 15.5. The number of nitrogens with zero attached hydrogens (tertiary/aromatic N) is 8. The van der Waals surface area contributed by atoms with Gasteiger partial charge in [0.1, 0.15) is 11.9 Å². The fourth-order valence-electron chi connectivity index (χ4n) is 5.37. The summed E-state index contributed by atoms with van der Waals surface area (Å²) < 4.78 is 3.56. The van der Waals surface area contributed by atoms with Gasteiger partial charge >= 0.3 is 0 Å². The molecular formula is C24H24N8. The molecule has 4 aromatic rings. The van der Waals surface area contributed by atoms with Gasteiger partial charge in [-0.05, 0) is 31.7 Å². The number of anilines is 1. The highest BCUT2D eigenvalue weighted by atomic mass is 15.3. The van der Waals surface area contributed by atoms with Gasteiger partial charge in [0.05, 0.1) is 23.5 Å². The molecule has 8 nitrogen and oxygen atoms in total. The third kappa shape index (κ3) is 2.97. The van der Waals surface area contributed by atoms with E-state index in [0.29, 0.717) is 11.0 Å². The molecule has 2 aliphatic heterocycles. The van der Waals surface area contributed by atoms with Gasteiger partial charge in [0.25, 0.3) is 0 Å². The molecular weight excluding hydrogens is 400 g/mol. The largest absolute Gasteiger partial charge is 0.356 e. The van der Waals surface area contributed by atoms with Crippen LogP contribution >= 0.6 is 0 Å². The zero-order chi connectivity index (χ0) is 21.9. The molecule has 6 rings (SSSR count). The summed E-state index contributed by atoms with van der Waals surface area (Å²) in [5.41, 5.74) is 5.70. The molecule has 0 radical (unpaired) electrons. The van der Waals surface area contributed by atoms with Crippen LogP contribution in [0.1, 0.15) is 12.0 Å². The minimum atomic E-state index is 0.443. The van der Waals surface area contributed by atoms with E-state index in [9.17, 15) is 5.26 Å². The standard InChI is InChI=1S/C24H24N8/c1-29-14-24(15-29)5-6-31(16-24)22-4-3-17(9-26-22)21-7-18(20-11-27-30(2)12-20)13-32-23(21)19(8-25)10-28-32/h3-4,7,9-13H,5-6,14-16H2,1-2H3. The van der Waals surface area contributed by atoms with E-state index >= 15 is 0 Å². The number of nitriles is 1. The molecule has 8 heteroatoms. The lowest BCUT2D eigenvalue weighted by Gasteiger charge is -2.46. The van der Waals surface area contributed by atoms with Gasteiger partial charge in [-0.15, -0.1) is 0 Å². The summed E-state index contributed by atoms with van der Waals surface area (Å²) >= 11 is 0. The summed E-state index contributed by atoms with van der Waals surface area (Å²) in [7, 11) is 4.09. The molecule has 0 N–H and O–H groups in total. The second-order valence-corrected chi connectivity index (χ2v) is 9.26. The summed E-state index contributed by atoms with van der Waals surface area (Å²) in [4.78, 5) is 9.61. The Balaban J connectivity index is 1.38. The lowest BCUT2D eigenvalue weighted by atomic mass is 9.79. The van der Waals surface area contributed by atoms with Crippen LogP contribution in [0.25, 0.3) is 27.8 Å². The predicted octanol–water partition coefficient (Wildman–Crippen LogP) is 2.81. The molecule has 4 aromatic heterocycles. The Morgan fingerprint density at radius 2 is 1.84 bits per heavy atom. The van der Waals surface area contributed by atoms with E-state index in [-0.39, 0.29) is 0 Å². The highest BCUT2D eigenvalue weighted by Crippen LogP contribution is 2.40. The van der Waals surface area contributed by atoms with Crippen molar-refractivity contribution in [3.63, 3.8) is 0 Å². The predicted molar refractivity (Wildman–Crippen MR) is 122 cm³/mol. The summed E-state index contributed by atoms with van der Waals surface area (Å²) in [6.07, 6.45) is 10.5. The highest BCUT2D eigenvalue weighted by Gasteiger charge is 2.46. The van der Waals surface area contributed by atoms with E-state index in [1.54, 1.807) is 15.4 Å². The van der Waals surface area contributed by atoms with Crippen LogP contribution in [0.2, 0.25) is 0 Å². The summed E-state index contributed by atoms with van der Waals surface area (Å²) in [6, 6.07) is 8.58. The SMILES string of the molecule is CN1CC2(CCN(c3ccc(-c4cc(-c5cnn(C)c5)cn5ncc(C#N)c45)cn3)C2)C1. The van der Waals surface area contributed by atoms with Gasteiger partial charge in [0.15, 0.2) is 0 Å². The molecule has 0 atom stereocenters. The molecule has 1 spiro atoms. The van der Waals surface area contributed by atoms with Gasteiger partial charge in [-0.1, -0.05) is 0 Å². The van der Waals surface area contributed by atoms with Gasteiger partial charge in [-0.25, -0.2) is 9.50 Å². The van der Waals surface area contributed by atoms with Gasteiger partial charge in [-0.3, -0.25) is 4.68 Å². The first kappa shape index (κ1) is 19.0. The number of aryl methyl sites for hydroxylation is 1. The van der Waals surface area contributed by atoms with Crippen molar-refractivity contribution in [2.75, 3.05) is 38.1 Å². The normalized spacial score (nSPS) is 17.7. The average molecular weight is 425 g/mol. The van der Waals surface area contributed by atoms with Crippen LogP contribution in [0.5, 0.6) is 0 Å². The maximum absolute atomic E-state index is 9.63. The van der Waals surface area contributed by atoms with Crippen molar-refractivity contribution in [2.45, 2.75) is 6.42 Å². The van der Waals surface area contributed by atoms with Crippen molar-refractivity contribution in [1.29, 1.82) is 5.26 Å². The quantitative estimate of drug-likeness (QED) is 0.503. The van der Waals surface area contributed by atoms with Gasteiger partial charge < -0.3 is 9.80 Å². The van der Waals surface area contributed by atoms with Crippen LogP contribution in [0.15, 0.2) is 49.2 Å². The average Bonchev–Trinajstić information content (AvgIpc) is 3.51. The number of hydrogen-bond donors (Lipinski definition) is 0. The first-order valence-corrected chi connectivity index (χ1v) is 10.8. The van der Waals surface area contributed by atoms with E-state index in [0.717, 1.165) is 46.7 Å². The molecule has 0 amide bonds. The molecule has 160 valence electrons. The van der Waals surface area contributed by atoms with Crippen LogP contribution in [-0.4, -0.2) is 62.5 Å². The summed E-state index contributed by atoms with van der Waals surface area (Å²) in [5.74, 6) is 1.02. The fraction of sp³-hybridized carbons (Fsp3) is 0.333. The second kappa shape index (κ2) is 6.90. The van der Waals surface area contributed by atoms with E-state index in [2.05, 4.69) is 51.3 Å². The van der Waals surface area contributed by atoms with Crippen LogP contribution in [0.4, 0.5) is 5.82 Å². The van der Waals surface area contributed by atoms with Crippen molar-refractivity contribution < 1.29 is 0 Å². The van der Waals surface area contributed by atoms with Crippen molar-refractivity contribution in [1.82, 2.24) is 29.3 Å². The molecule has 32 heavy (non-hydrogen) atoms. The van der Waals surface area contributed by atoms with E-state index in [4.69, 9.17) is 4.98 Å².